The fourth-order valence-corrected chi connectivity index (χ4v) is 5.65. The molecule has 1 aromatic heterocycles. The highest BCUT2D eigenvalue weighted by atomic mass is 32.2. The molecule has 0 saturated carbocycles. The first-order valence-corrected chi connectivity index (χ1v) is 11.3. The van der Waals surface area contributed by atoms with E-state index in [9.17, 15) is 22.0 Å². The summed E-state index contributed by atoms with van der Waals surface area (Å²) in [6, 6.07) is 15.0. The monoisotopic (exact) mass is 455 g/mol. The van der Waals surface area contributed by atoms with E-state index in [1.165, 1.54) is 37.4 Å². The molecule has 0 atom stereocenters. The number of carboxylic acids is 1. The van der Waals surface area contributed by atoms with Gasteiger partial charge in [0.25, 0.3) is 10.0 Å². The van der Waals surface area contributed by atoms with Crippen LogP contribution in [0.15, 0.2) is 71.8 Å². The maximum atomic E-state index is 14.5. The van der Waals surface area contributed by atoms with Crippen molar-refractivity contribution in [3.05, 3.63) is 89.6 Å². The van der Waals surface area contributed by atoms with E-state index >= 15 is 0 Å². The topological polar surface area (TPSA) is 76.4 Å². The quantitative estimate of drug-likeness (QED) is 0.436. The van der Waals surface area contributed by atoms with Crippen LogP contribution >= 0.6 is 0 Å². The Morgan fingerprint density at radius 2 is 1.75 bits per heavy atom. The van der Waals surface area contributed by atoms with Gasteiger partial charge in [-0.05, 0) is 48.7 Å². The lowest BCUT2D eigenvalue weighted by molar-refractivity contribution is -0.136. The SMILES string of the molecule is Cc1c(F)ccc(-c2ccccc2)c1S(=O)(=O)n1cc(CCC(=O)O)c2cc(F)ccc21. The highest BCUT2D eigenvalue weighted by molar-refractivity contribution is 7.90. The van der Waals surface area contributed by atoms with Crippen molar-refractivity contribution in [1.29, 1.82) is 0 Å². The number of hydrogen-bond donors (Lipinski definition) is 1. The molecule has 0 saturated heterocycles. The molecule has 0 radical (unpaired) electrons. The second-order valence-electron chi connectivity index (χ2n) is 7.43. The van der Waals surface area contributed by atoms with Gasteiger partial charge in [0.2, 0.25) is 0 Å². The van der Waals surface area contributed by atoms with Gasteiger partial charge < -0.3 is 5.11 Å². The molecule has 5 nitrogen and oxygen atoms in total. The van der Waals surface area contributed by atoms with Gasteiger partial charge in [-0.2, -0.15) is 0 Å². The molecule has 1 heterocycles. The van der Waals surface area contributed by atoms with Crippen LogP contribution in [0.1, 0.15) is 17.5 Å². The number of aromatic nitrogens is 1. The van der Waals surface area contributed by atoms with E-state index in [1.54, 1.807) is 30.3 Å². The first-order valence-electron chi connectivity index (χ1n) is 9.81. The van der Waals surface area contributed by atoms with E-state index in [0.29, 0.717) is 22.1 Å². The van der Waals surface area contributed by atoms with Crippen molar-refractivity contribution in [3.63, 3.8) is 0 Å². The van der Waals surface area contributed by atoms with Crippen LogP contribution in [0.25, 0.3) is 22.0 Å². The summed E-state index contributed by atoms with van der Waals surface area (Å²) in [6.45, 7) is 1.39. The fraction of sp³-hybridized carbons (Fsp3) is 0.125. The molecule has 4 rings (SSSR count). The lowest BCUT2D eigenvalue weighted by atomic mass is 10.0. The van der Waals surface area contributed by atoms with Crippen LogP contribution in [-0.4, -0.2) is 23.5 Å². The predicted molar refractivity (Wildman–Crippen MR) is 117 cm³/mol. The average molecular weight is 455 g/mol. The molecule has 1 N–H and O–H groups in total. The zero-order valence-corrected chi connectivity index (χ0v) is 17.9. The fourth-order valence-electron chi connectivity index (χ4n) is 3.82. The summed E-state index contributed by atoms with van der Waals surface area (Å²) in [4.78, 5) is 10.8. The Bertz CT molecular complexity index is 1440. The molecule has 164 valence electrons. The van der Waals surface area contributed by atoms with Crippen molar-refractivity contribution < 1.29 is 27.1 Å². The van der Waals surface area contributed by atoms with Gasteiger partial charge in [-0.1, -0.05) is 36.4 Å². The molecule has 0 aliphatic heterocycles. The molecule has 0 aliphatic carbocycles. The zero-order valence-electron chi connectivity index (χ0n) is 17.0. The Labute approximate surface area is 183 Å². The molecule has 0 spiro atoms. The molecule has 8 heteroatoms. The van der Waals surface area contributed by atoms with E-state index in [-0.39, 0.29) is 28.8 Å². The summed E-state index contributed by atoms with van der Waals surface area (Å²) < 4.78 is 57.1. The van der Waals surface area contributed by atoms with Gasteiger partial charge in [0.05, 0.1) is 5.52 Å². The number of aliphatic carboxylic acids is 1. The zero-order chi connectivity index (χ0) is 23.0. The normalized spacial score (nSPS) is 11.7. The van der Waals surface area contributed by atoms with Gasteiger partial charge >= 0.3 is 5.97 Å². The predicted octanol–water partition coefficient (Wildman–Crippen LogP) is 5.15. The van der Waals surface area contributed by atoms with Crippen molar-refractivity contribution in [2.75, 3.05) is 0 Å². The molecule has 4 aromatic rings. The largest absolute Gasteiger partial charge is 0.481 e. The van der Waals surface area contributed by atoms with Gasteiger partial charge in [-0.25, -0.2) is 21.2 Å². The lowest BCUT2D eigenvalue weighted by Gasteiger charge is -2.16. The Balaban J connectivity index is 2.00. The third-order valence-corrected chi connectivity index (χ3v) is 7.23. The second kappa shape index (κ2) is 8.20. The second-order valence-corrected chi connectivity index (χ2v) is 9.18. The molecule has 0 aliphatic rings. The van der Waals surface area contributed by atoms with Crippen LogP contribution in [-0.2, 0) is 21.2 Å². The highest BCUT2D eigenvalue weighted by Gasteiger charge is 2.28. The van der Waals surface area contributed by atoms with Crippen LogP contribution < -0.4 is 0 Å². The van der Waals surface area contributed by atoms with Gasteiger partial charge in [0.1, 0.15) is 16.5 Å². The van der Waals surface area contributed by atoms with E-state index in [1.807, 2.05) is 0 Å². The lowest BCUT2D eigenvalue weighted by Crippen LogP contribution is -2.15. The van der Waals surface area contributed by atoms with E-state index in [0.717, 1.165) is 10.0 Å². The molecular formula is C24H19F2NO4S. The van der Waals surface area contributed by atoms with Crippen LogP contribution in [0, 0.1) is 18.6 Å². The van der Waals surface area contributed by atoms with Gasteiger partial charge in [-0.15, -0.1) is 0 Å². The number of hydrogen-bond acceptors (Lipinski definition) is 3. The van der Waals surface area contributed by atoms with E-state index in [2.05, 4.69) is 0 Å². The van der Waals surface area contributed by atoms with Crippen molar-refractivity contribution in [3.8, 4) is 11.1 Å². The summed E-state index contributed by atoms with van der Waals surface area (Å²) >= 11 is 0. The first-order chi connectivity index (χ1) is 15.2. The summed E-state index contributed by atoms with van der Waals surface area (Å²) in [6.07, 6.45) is 1.07. The smallest absolute Gasteiger partial charge is 0.303 e. The summed E-state index contributed by atoms with van der Waals surface area (Å²) in [7, 11) is -4.32. The van der Waals surface area contributed by atoms with Gasteiger partial charge in [-0.3, -0.25) is 4.79 Å². The van der Waals surface area contributed by atoms with Crippen LogP contribution in [0.5, 0.6) is 0 Å². The van der Waals surface area contributed by atoms with Crippen molar-refractivity contribution in [2.24, 2.45) is 0 Å². The Morgan fingerprint density at radius 3 is 2.44 bits per heavy atom. The van der Waals surface area contributed by atoms with Gasteiger partial charge in [0, 0.05) is 29.1 Å². The molecule has 0 amide bonds. The number of halogens is 2. The third kappa shape index (κ3) is 3.78. The molecule has 32 heavy (non-hydrogen) atoms. The maximum Gasteiger partial charge on any atom is 0.303 e. The maximum absolute atomic E-state index is 14.5. The highest BCUT2D eigenvalue weighted by Crippen LogP contribution is 2.35. The van der Waals surface area contributed by atoms with Gasteiger partial charge in [0.15, 0.2) is 0 Å². The number of fused-ring (bicyclic) bond motifs is 1. The minimum atomic E-state index is -4.32. The first kappa shape index (κ1) is 21.7. The minimum absolute atomic E-state index is 0.0193. The van der Waals surface area contributed by atoms with E-state index in [4.69, 9.17) is 5.11 Å². The van der Waals surface area contributed by atoms with E-state index < -0.39 is 27.6 Å². The minimum Gasteiger partial charge on any atom is -0.481 e. The summed E-state index contributed by atoms with van der Waals surface area (Å²) in [5.41, 5.74) is 1.46. The van der Waals surface area contributed by atoms with Crippen molar-refractivity contribution in [1.82, 2.24) is 3.97 Å². The van der Waals surface area contributed by atoms with Crippen LogP contribution in [0.4, 0.5) is 8.78 Å². The number of nitrogens with zero attached hydrogens (tertiary/aromatic N) is 1. The molecular weight excluding hydrogens is 436 g/mol. The Hall–Kier alpha value is -3.52. The summed E-state index contributed by atoms with van der Waals surface area (Å²) in [5.74, 6) is -2.30. The summed E-state index contributed by atoms with van der Waals surface area (Å²) in [5, 5.41) is 9.33. The molecule has 0 fully saturated rings. The van der Waals surface area contributed by atoms with Crippen molar-refractivity contribution in [2.45, 2.75) is 24.7 Å². The number of benzene rings is 3. The Morgan fingerprint density at radius 1 is 1.03 bits per heavy atom. The number of carboxylic acid groups (broad SMARTS) is 1. The van der Waals surface area contributed by atoms with Crippen molar-refractivity contribution >= 4 is 26.9 Å². The number of rotatable bonds is 6. The third-order valence-electron chi connectivity index (χ3n) is 5.36. The standard InChI is InChI=1S/C24H19F2NO4S/c1-15-21(26)10-9-19(16-5-3-2-4-6-16)24(15)32(30,31)27-14-17(7-12-23(28)29)20-13-18(25)8-11-22(20)27/h2-6,8-11,13-14H,7,12H2,1H3,(H,28,29). The van der Waals surface area contributed by atoms with Crippen LogP contribution in [0.2, 0.25) is 0 Å². The average Bonchev–Trinajstić information content (AvgIpc) is 3.13. The Kier molecular flexibility index (Phi) is 5.56. The molecule has 0 bridgehead atoms. The number of carbonyl (C=O) groups is 1. The van der Waals surface area contributed by atoms with Crippen LogP contribution in [0.3, 0.4) is 0 Å². The molecule has 3 aromatic carbocycles. The number of aryl methyl sites for hydroxylation is 1. The molecule has 0 unspecified atom stereocenters.